The molecule has 1 heterocycles. The van der Waals surface area contributed by atoms with Crippen molar-refractivity contribution in [1.29, 1.82) is 5.26 Å². The maximum absolute atomic E-state index is 12.8. The molecule has 4 nitrogen and oxygen atoms in total. The second kappa shape index (κ2) is 16.3. The number of ether oxygens (including phenoxy) is 1. The number of esters is 1. The van der Waals surface area contributed by atoms with Crippen LogP contribution in [0.1, 0.15) is 122 Å². The monoisotopic (exact) mass is 516 g/mol. The van der Waals surface area contributed by atoms with Gasteiger partial charge in [-0.3, -0.25) is 9.78 Å². The van der Waals surface area contributed by atoms with Gasteiger partial charge in [0.2, 0.25) is 0 Å². The third-order valence-electron chi connectivity index (χ3n) is 8.28. The number of carbonyl (C=O) groups is 1. The molecule has 0 radical (unpaired) electrons. The summed E-state index contributed by atoms with van der Waals surface area (Å²) in [6, 6.07) is 14.5. The number of aromatic nitrogens is 1. The molecule has 0 spiro atoms. The number of aryl methyl sites for hydroxylation is 1. The minimum absolute atomic E-state index is 0.114. The first-order valence-corrected chi connectivity index (χ1v) is 15.3. The minimum Gasteiger partial charge on any atom is -0.426 e. The van der Waals surface area contributed by atoms with Crippen LogP contribution in [0.5, 0.6) is 5.75 Å². The zero-order valence-corrected chi connectivity index (χ0v) is 23.9. The normalized spacial score (nSPS) is 19.1. The Morgan fingerprint density at radius 1 is 0.895 bits per heavy atom. The van der Waals surface area contributed by atoms with Crippen LogP contribution in [0.2, 0.25) is 0 Å². The molecule has 0 bridgehead atoms. The predicted octanol–water partition coefficient (Wildman–Crippen LogP) is 9.62. The number of hydrogen-bond donors (Lipinski definition) is 0. The number of nitriles is 1. The van der Waals surface area contributed by atoms with Crippen LogP contribution in [-0.4, -0.2) is 11.0 Å². The van der Waals surface area contributed by atoms with Crippen molar-refractivity contribution in [3.8, 4) is 23.1 Å². The number of pyridine rings is 1. The highest BCUT2D eigenvalue weighted by atomic mass is 16.5. The molecule has 1 saturated carbocycles. The molecular formula is C34H48N2O2. The van der Waals surface area contributed by atoms with Crippen LogP contribution >= 0.6 is 0 Å². The lowest BCUT2D eigenvalue weighted by Gasteiger charge is -2.34. The van der Waals surface area contributed by atoms with E-state index in [0.717, 1.165) is 56.2 Å². The van der Waals surface area contributed by atoms with E-state index in [4.69, 9.17) is 4.74 Å². The van der Waals surface area contributed by atoms with Gasteiger partial charge >= 0.3 is 5.97 Å². The quantitative estimate of drug-likeness (QED) is 0.127. The average molecular weight is 517 g/mol. The lowest BCUT2D eigenvalue weighted by atomic mass is 9.69. The number of carbonyl (C=O) groups excluding carboxylic acids is 1. The number of benzene rings is 1. The smallest absolute Gasteiger partial charge is 0.314 e. The van der Waals surface area contributed by atoms with Crippen molar-refractivity contribution >= 4 is 5.97 Å². The Kier molecular flexibility index (Phi) is 12.8. The van der Waals surface area contributed by atoms with Gasteiger partial charge in [0.1, 0.15) is 5.75 Å². The van der Waals surface area contributed by atoms with E-state index in [2.05, 4.69) is 37.0 Å². The van der Waals surface area contributed by atoms with Crippen LogP contribution in [0.15, 0.2) is 42.6 Å². The highest BCUT2D eigenvalue weighted by molar-refractivity contribution is 5.75. The van der Waals surface area contributed by atoms with Crippen molar-refractivity contribution in [3.05, 3.63) is 48.2 Å². The van der Waals surface area contributed by atoms with Crippen LogP contribution in [0.4, 0.5) is 0 Å². The Hall–Kier alpha value is -2.67. The molecule has 1 aliphatic rings. The van der Waals surface area contributed by atoms with Crippen LogP contribution in [-0.2, 0) is 11.2 Å². The van der Waals surface area contributed by atoms with E-state index in [1.165, 1.54) is 69.8 Å². The second-order valence-corrected chi connectivity index (χ2v) is 11.3. The summed E-state index contributed by atoms with van der Waals surface area (Å²) in [5, 5.41) is 9.84. The van der Waals surface area contributed by atoms with E-state index in [-0.39, 0.29) is 17.3 Å². The van der Waals surface area contributed by atoms with Crippen molar-refractivity contribution in [2.45, 2.75) is 123 Å². The molecule has 3 rings (SSSR count). The van der Waals surface area contributed by atoms with Gasteiger partial charge < -0.3 is 4.74 Å². The van der Waals surface area contributed by atoms with Crippen LogP contribution in [0.3, 0.4) is 0 Å². The van der Waals surface area contributed by atoms with E-state index in [9.17, 15) is 10.1 Å². The van der Waals surface area contributed by atoms with Gasteiger partial charge in [0.25, 0.3) is 0 Å². The van der Waals surface area contributed by atoms with Crippen molar-refractivity contribution < 1.29 is 9.53 Å². The Balaban J connectivity index is 1.42. The first-order valence-electron chi connectivity index (χ1n) is 15.3. The van der Waals surface area contributed by atoms with Gasteiger partial charge in [0.05, 0.1) is 23.1 Å². The summed E-state index contributed by atoms with van der Waals surface area (Å²) in [6.07, 6.45) is 21.1. The van der Waals surface area contributed by atoms with Gasteiger partial charge in [-0.15, -0.1) is 0 Å². The molecule has 0 saturated heterocycles. The van der Waals surface area contributed by atoms with Crippen molar-refractivity contribution in [1.82, 2.24) is 4.98 Å². The van der Waals surface area contributed by atoms with Gasteiger partial charge in [-0.1, -0.05) is 84.1 Å². The summed E-state index contributed by atoms with van der Waals surface area (Å²) in [7, 11) is 0. The molecule has 1 aliphatic carbocycles. The molecule has 0 amide bonds. The van der Waals surface area contributed by atoms with Gasteiger partial charge in [-0.25, -0.2) is 0 Å². The fourth-order valence-corrected chi connectivity index (χ4v) is 5.64. The van der Waals surface area contributed by atoms with E-state index >= 15 is 0 Å². The van der Waals surface area contributed by atoms with E-state index in [1.54, 1.807) is 0 Å². The summed E-state index contributed by atoms with van der Waals surface area (Å²) >= 11 is 0. The Labute approximate surface area is 231 Å². The highest BCUT2D eigenvalue weighted by Crippen LogP contribution is 2.43. The topological polar surface area (TPSA) is 63.0 Å². The Morgan fingerprint density at radius 3 is 2.13 bits per heavy atom. The van der Waals surface area contributed by atoms with Crippen molar-refractivity contribution in [2.75, 3.05) is 0 Å². The molecule has 206 valence electrons. The summed E-state index contributed by atoms with van der Waals surface area (Å²) in [5.41, 5.74) is 3.00. The summed E-state index contributed by atoms with van der Waals surface area (Å²) < 4.78 is 5.73. The van der Waals surface area contributed by atoms with Gasteiger partial charge in [-0.05, 0) is 80.8 Å². The standard InChI is InChI=1S/C34H48N2O2/c1-3-5-7-9-10-12-14-28-15-20-32(36-26-28)29-16-18-31(19-17-29)38-33(37)30-21-24-34(27-35,25-22-30)23-13-11-8-6-4-2/h15-20,26,30H,3-14,21-25H2,1-2H3. The maximum atomic E-state index is 12.8. The molecule has 1 aromatic carbocycles. The first-order chi connectivity index (χ1) is 18.6. The third-order valence-corrected chi connectivity index (χ3v) is 8.28. The largest absolute Gasteiger partial charge is 0.426 e. The fraction of sp³-hybridized carbons (Fsp3) is 0.618. The minimum atomic E-state index is -0.248. The van der Waals surface area contributed by atoms with Crippen LogP contribution in [0, 0.1) is 22.7 Å². The Bertz CT molecular complexity index is 983. The lowest BCUT2D eigenvalue weighted by molar-refractivity contribution is -0.140. The summed E-state index contributed by atoms with van der Waals surface area (Å²) in [5.74, 6) is 0.299. The zero-order valence-electron chi connectivity index (χ0n) is 23.9. The molecule has 4 heteroatoms. The number of rotatable bonds is 16. The average Bonchev–Trinajstić information content (AvgIpc) is 2.96. The molecule has 38 heavy (non-hydrogen) atoms. The number of nitrogens with zero attached hydrogens (tertiary/aromatic N) is 2. The van der Waals surface area contributed by atoms with Gasteiger partial charge in [0.15, 0.2) is 0 Å². The lowest BCUT2D eigenvalue weighted by Crippen LogP contribution is -2.31. The van der Waals surface area contributed by atoms with E-state index in [0.29, 0.717) is 5.75 Å². The second-order valence-electron chi connectivity index (χ2n) is 11.3. The summed E-state index contributed by atoms with van der Waals surface area (Å²) in [4.78, 5) is 17.5. The first kappa shape index (κ1) is 29.9. The fourth-order valence-electron chi connectivity index (χ4n) is 5.64. The van der Waals surface area contributed by atoms with Gasteiger partial charge in [0, 0.05) is 11.8 Å². The van der Waals surface area contributed by atoms with E-state index in [1.807, 2.05) is 30.5 Å². The molecular weight excluding hydrogens is 468 g/mol. The zero-order chi connectivity index (χ0) is 27.1. The van der Waals surface area contributed by atoms with E-state index < -0.39 is 0 Å². The highest BCUT2D eigenvalue weighted by Gasteiger charge is 2.37. The molecule has 0 unspecified atom stereocenters. The molecule has 1 fully saturated rings. The number of unbranched alkanes of at least 4 members (excludes halogenated alkanes) is 9. The summed E-state index contributed by atoms with van der Waals surface area (Å²) in [6.45, 7) is 4.47. The Morgan fingerprint density at radius 2 is 1.53 bits per heavy atom. The maximum Gasteiger partial charge on any atom is 0.314 e. The molecule has 0 aliphatic heterocycles. The molecule has 0 N–H and O–H groups in total. The molecule has 1 aromatic heterocycles. The van der Waals surface area contributed by atoms with Crippen molar-refractivity contribution in [3.63, 3.8) is 0 Å². The molecule has 0 atom stereocenters. The third kappa shape index (κ3) is 9.57. The van der Waals surface area contributed by atoms with Crippen LogP contribution in [0.25, 0.3) is 11.3 Å². The van der Waals surface area contributed by atoms with Crippen LogP contribution < -0.4 is 4.74 Å². The van der Waals surface area contributed by atoms with Gasteiger partial charge in [-0.2, -0.15) is 5.26 Å². The SMILES string of the molecule is CCCCCCCCc1ccc(-c2ccc(OC(=O)C3CCC(C#N)(CCCCCCC)CC3)cc2)nc1. The van der Waals surface area contributed by atoms with Crippen molar-refractivity contribution in [2.24, 2.45) is 11.3 Å². The number of hydrogen-bond acceptors (Lipinski definition) is 4. The predicted molar refractivity (Wildman–Crippen MR) is 156 cm³/mol. The molecule has 2 aromatic rings.